The molecule has 0 aromatic carbocycles. The molecule has 0 unspecified atom stereocenters. The molecular weight excluding hydrogens is 272 g/mol. The third kappa shape index (κ3) is 4.03. The molecule has 1 N–H and O–H groups in total. The van der Waals surface area contributed by atoms with Crippen molar-refractivity contribution in [2.75, 3.05) is 6.54 Å². The van der Waals surface area contributed by atoms with Gasteiger partial charge >= 0.3 is 5.97 Å². The van der Waals surface area contributed by atoms with Gasteiger partial charge in [-0.3, -0.25) is 9.69 Å². The molecule has 112 valence electrons. The van der Waals surface area contributed by atoms with Crippen molar-refractivity contribution < 1.29 is 9.90 Å². The minimum Gasteiger partial charge on any atom is -0.480 e. The monoisotopic (exact) mass is 296 g/mol. The molecule has 5 heteroatoms. The van der Waals surface area contributed by atoms with Gasteiger partial charge in [0.05, 0.1) is 17.2 Å². The van der Waals surface area contributed by atoms with Crippen molar-refractivity contribution >= 4 is 17.3 Å². The molecule has 0 radical (unpaired) electrons. The van der Waals surface area contributed by atoms with Gasteiger partial charge in [0, 0.05) is 23.4 Å². The van der Waals surface area contributed by atoms with E-state index in [-0.39, 0.29) is 12.0 Å². The standard InChI is InChI=1S/C15H24N2O2S/c1-15(2,3)14-16-11(10-20-14)8-17(9-13(18)19)12-6-4-5-7-12/h10,12H,4-9H2,1-3H3,(H,18,19). The molecule has 0 bridgehead atoms. The highest BCUT2D eigenvalue weighted by atomic mass is 32.1. The van der Waals surface area contributed by atoms with Crippen molar-refractivity contribution in [2.45, 2.75) is 64.5 Å². The van der Waals surface area contributed by atoms with Gasteiger partial charge < -0.3 is 5.11 Å². The third-order valence-corrected chi connectivity index (χ3v) is 5.05. The van der Waals surface area contributed by atoms with E-state index in [4.69, 9.17) is 5.11 Å². The molecule has 0 amide bonds. The molecule has 1 aliphatic rings. The van der Waals surface area contributed by atoms with Crippen LogP contribution in [0.4, 0.5) is 0 Å². The Balaban J connectivity index is 2.06. The molecule has 4 nitrogen and oxygen atoms in total. The Morgan fingerprint density at radius 1 is 1.45 bits per heavy atom. The highest BCUT2D eigenvalue weighted by Crippen LogP contribution is 2.28. The van der Waals surface area contributed by atoms with E-state index in [1.165, 1.54) is 12.8 Å². The molecule has 20 heavy (non-hydrogen) atoms. The van der Waals surface area contributed by atoms with Crippen LogP contribution in [0.5, 0.6) is 0 Å². The molecule has 2 rings (SSSR count). The first-order valence-corrected chi connectivity index (χ1v) is 8.15. The van der Waals surface area contributed by atoms with Gasteiger partial charge in [0.2, 0.25) is 0 Å². The number of thiazole rings is 1. The number of aromatic nitrogens is 1. The van der Waals surface area contributed by atoms with Crippen LogP contribution >= 0.6 is 11.3 Å². The molecule has 0 atom stereocenters. The lowest BCUT2D eigenvalue weighted by Gasteiger charge is -2.26. The van der Waals surface area contributed by atoms with Crippen LogP contribution in [0.3, 0.4) is 0 Å². The van der Waals surface area contributed by atoms with Crippen LogP contribution in [0.2, 0.25) is 0 Å². The molecule has 1 aliphatic carbocycles. The number of nitrogens with zero attached hydrogens (tertiary/aromatic N) is 2. The zero-order chi connectivity index (χ0) is 14.8. The maximum atomic E-state index is 11.1. The lowest BCUT2D eigenvalue weighted by molar-refractivity contribution is -0.139. The van der Waals surface area contributed by atoms with E-state index in [2.05, 4.69) is 36.0 Å². The number of carboxylic acid groups (broad SMARTS) is 1. The predicted molar refractivity (Wildman–Crippen MR) is 81.1 cm³/mol. The van der Waals surface area contributed by atoms with Gasteiger partial charge in [-0.05, 0) is 12.8 Å². The van der Waals surface area contributed by atoms with Crippen molar-refractivity contribution in [1.29, 1.82) is 0 Å². The van der Waals surface area contributed by atoms with Crippen molar-refractivity contribution in [3.63, 3.8) is 0 Å². The minimum atomic E-state index is -0.747. The van der Waals surface area contributed by atoms with E-state index in [0.29, 0.717) is 12.6 Å². The minimum absolute atomic E-state index is 0.0634. The summed E-state index contributed by atoms with van der Waals surface area (Å²) in [6, 6.07) is 0.408. The average Bonchev–Trinajstić information content (AvgIpc) is 2.97. The second kappa shape index (κ2) is 6.22. The van der Waals surface area contributed by atoms with E-state index in [9.17, 15) is 4.79 Å². The van der Waals surface area contributed by atoms with E-state index in [1.54, 1.807) is 11.3 Å². The Morgan fingerprint density at radius 2 is 2.10 bits per heavy atom. The van der Waals surface area contributed by atoms with E-state index in [1.807, 2.05) is 0 Å². The summed E-state index contributed by atoms with van der Waals surface area (Å²) < 4.78 is 0. The van der Waals surface area contributed by atoms with Crippen LogP contribution in [0.25, 0.3) is 0 Å². The van der Waals surface area contributed by atoms with Gasteiger partial charge in [0.15, 0.2) is 0 Å². The second-order valence-corrected chi connectivity index (χ2v) is 7.49. The summed E-state index contributed by atoms with van der Waals surface area (Å²) in [5.41, 5.74) is 1.07. The zero-order valence-corrected chi connectivity index (χ0v) is 13.4. The van der Waals surface area contributed by atoms with E-state index in [0.717, 1.165) is 23.5 Å². The lowest BCUT2D eigenvalue weighted by Crippen LogP contribution is -2.37. The Bertz CT molecular complexity index is 459. The number of rotatable bonds is 5. The fourth-order valence-corrected chi connectivity index (χ4v) is 3.59. The predicted octanol–water partition coefficient (Wildman–Crippen LogP) is 3.27. The Labute approximate surface area is 124 Å². The summed E-state index contributed by atoms with van der Waals surface area (Å²) in [4.78, 5) is 17.8. The Morgan fingerprint density at radius 3 is 2.60 bits per heavy atom. The number of carboxylic acids is 1. The highest BCUT2D eigenvalue weighted by molar-refractivity contribution is 7.09. The largest absolute Gasteiger partial charge is 0.480 e. The molecule has 1 heterocycles. The third-order valence-electron chi connectivity index (χ3n) is 3.74. The normalized spacial score (nSPS) is 17.0. The molecule has 1 fully saturated rings. The first-order valence-electron chi connectivity index (χ1n) is 7.27. The van der Waals surface area contributed by atoms with Crippen molar-refractivity contribution in [2.24, 2.45) is 0 Å². The van der Waals surface area contributed by atoms with Crippen molar-refractivity contribution in [3.8, 4) is 0 Å². The van der Waals surface area contributed by atoms with Crippen molar-refractivity contribution in [1.82, 2.24) is 9.88 Å². The molecular formula is C15H24N2O2S. The fraction of sp³-hybridized carbons (Fsp3) is 0.733. The van der Waals surface area contributed by atoms with Gasteiger partial charge in [0.1, 0.15) is 0 Å². The number of hydrogen-bond acceptors (Lipinski definition) is 4. The summed E-state index contributed by atoms with van der Waals surface area (Å²) in [5, 5.41) is 12.3. The van der Waals surface area contributed by atoms with Crippen LogP contribution in [0, 0.1) is 0 Å². The smallest absolute Gasteiger partial charge is 0.317 e. The quantitative estimate of drug-likeness (QED) is 0.906. The maximum Gasteiger partial charge on any atom is 0.317 e. The van der Waals surface area contributed by atoms with Gasteiger partial charge in [-0.15, -0.1) is 11.3 Å². The molecule has 0 aliphatic heterocycles. The van der Waals surface area contributed by atoms with Gasteiger partial charge in [-0.1, -0.05) is 33.6 Å². The van der Waals surface area contributed by atoms with Crippen LogP contribution in [0.1, 0.15) is 57.2 Å². The molecule has 0 spiro atoms. The fourth-order valence-electron chi connectivity index (χ4n) is 2.69. The summed E-state index contributed by atoms with van der Waals surface area (Å²) >= 11 is 1.67. The second-order valence-electron chi connectivity index (χ2n) is 6.63. The number of carbonyl (C=O) groups is 1. The SMILES string of the molecule is CC(C)(C)c1nc(CN(CC(=O)O)C2CCCC2)cs1. The van der Waals surface area contributed by atoms with Crippen LogP contribution < -0.4 is 0 Å². The number of aliphatic carboxylic acids is 1. The number of hydrogen-bond donors (Lipinski definition) is 1. The molecule has 1 saturated carbocycles. The summed E-state index contributed by atoms with van der Waals surface area (Å²) in [6.07, 6.45) is 4.66. The summed E-state index contributed by atoms with van der Waals surface area (Å²) in [6.45, 7) is 7.24. The highest BCUT2D eigenvalue weighted by Gasteiger charge is 2.26. The van der Waals surface area contributed by atoms with E-state index < -0.39 is 5.97 Å². The summed E-state index contributed by atoms with van der Waals surface area (Å²) in [7, 11) is 0. The average molecular weight is 296 g/mol. The molecule has 0 saturated heterocycles. The van der Waals surface area contributed by atoms with Crippen molar-refractivity contribution in [3.05, 3.63) is 16.1 Å². The zero-order valence-electron chi connectivity index (χ0n) is 12.6. The topological polar surface area (TPSA) is 53.4 Å². The summed E-state index contributed by atoms with van der Waals surface area (Å²) in [5.74, 6) is -0.747. The lowest BCUT2D eigenvalue weighted by atomic mass is 9.98. The van der Waals surface area contributed by atoms with Crippen LogP contribution in [-0.4, -0.2) is 33.5 Å². The van der Waals surface area contributed by atoms with Gasteiger partial charge in [-0.2, -0.15) is 0 Å². The molecule has 1 aromatic rings. The Kier molecular flexibility index (Phi) is 4.81. The molecule has 1 aromatic heterocycles. The Hall–Kier alpha value is -0.940. The van der Waals surface area contributed by atoms with Crippen LogP contribution in [-0.2, 0) is 16.8 Å². The van der Waals surface area contributed by atoms with Crippen LogP contribution in [0.15, 0.2) is 5.38 Å². The van der Waals surface area contributed by atoms with Gasteiger partial charge in [-0.25, -0.2) is 4.98 Å². The van der Waals surface area contributed by atoms with Gasteiger partial charge in [0.25, 0.3) is 0 Å². The first-order chi connectivity index (χ1) is 9.36. The van der Waals surface area contributed by atoms with E-state index >= 15 is 0 Å². The maximum absolute atomic E-state index is 11.1. The first kappa shape index (κ1) is 15.4.